The normalized spacial score (nSPS) is 18.8. The standard InChI is InChI=1S/C42H66N2O10P2/c1-13-51-41(45)29(9)43-55(47,23-49-11)53-39-35(25(3)4)19-33(21-37(39)27(7)31-15-16-31)34-20-36(26(5)6)40(38(22-34)28(8)32-17-18-32)54-56(48,24-50-12)44-30(10)42(46)52-14-2/h19-22,25-32H,13-18,23-24H2,1-12H3,(H,43,47)(H,44,48)/t27-,28-,29+,30+,55?,56?/m1/s1. The van der Waals surface area contributed by atoms with Gasteiger partial charge in [0.25, 0.3) is 0 Å². The van der Waals surface area contributed by atoms with Crippen LogP contribution in [0.4, 0.5) is 0 Å². The van der Waals surface area contributed by atoms with Crippen molar-refractivity contribution in [2.75, 3.05) is 40.1 Å². The Labute approximate surface area is 334 Å². The van der Waals surface area contributed by atoms with E-state index in [1.165, 1.54) is 14.2 Å². The number of carbonyl (C=O) groups is 2. The number of hydrogen-bond acceptors (Lipinski definition) is 10. The Morgan fingerprint density at radius 3 is 1.20 bits per heavy atom. The number of benzene rings is 2. The van der Waals surface area contributed by atoms with Gasteiger partial charge < -0.3 is 28.0 Å². The van der Waals surface area contributed by atoms with Crippen LogP contribution >= 0.6 is 15.0 Å². The average Bonchev–Trinajstić information content (AvgIpc) is 4.05. The van der Waals surface area contributed by atoms with Gasteiger partial charge in [0.1, 0.15) is 36.3 Å². The van der Waals surface area contributed by atoms with Crippen LogP contribution in [0.15, 0.2) is 24.3 Å². The van der Waals surface area contributed by atoms with E-state index in [4.69, 9.17) is 28.0 Å². The Morgan fingerprint density at radius 1 is 0.607 bits per heavy atom. The largest absolute Gasteiger partial charge is 0.465 e. The summed E-state index contributed by atoms with van der Waals surface area (Å²) >= 11 is 0. The number of esters is 2. The molecule has 0 radical (unpaired) electrons. The topological polar surface area (TPSA) is 148 Å². The van der Waals surface area contributed by atoms with Gasteiger partial charge in [-0.25, -0.2) is 10.2 Å². The molecule has 0 amide bonds. The lowest BCUT2D eigenvalue weighted by molar-refractivity contribution is -0.145. The van der Waals surface area contributed by atoms with E-state index in [1.807, 2.05) is 0 Å². The fourth-order valence-electron chi connectivity index (χ4n) is 7.17. The van der Waals surface area contributed by atoms with Gasteiger partial charge in [-0.3, -0.25) is 18.7 Å². The summed E-state index contributed by atoms with van der Waals surface area (Å²) in [6.07, 6.45) is 3.88. The molecular weight excluding hydrogens is 754 g/mol. The lowest BCUT2D eigenvalue weighted by Gasteiger charge is -2.30. The molecule has 0 aliphatic heterocycles. The quantitative estimate of drug-likeness (QED) is 0.0812. The van der Waals surface area contributed by atoms with Gasteiger partial charge in [0.2, 0.25) is 0 Å². The van der Waals surface area contributed by atoms with Crippen molar-refractivity contribution >= 4 is 27.0 Å². The van der Waals surface area contributed by atoms with Gasteiger partial charge in [-0.2, -0.15) is 0 Å². The molecule has 2 aliphatic carbocycles. The van der Waals surface area contributed by atoms with Crippen molar-refractivity contribution in [3.05, 3.63) is 46.5 Å². The molecule has 2 fully saturated rings. The Balaban J connectivity index is 1.91. The molecule has 4 rings (SSSR count). The predicted octanol–water partition coefficient (Wildman–Crippen LogP) is 10.1. The van der Waals surface area contributed by atoms with E-state index in [9.17, 15) is 18.7 Å². The third-order valence-electron chi connectivity index (χ3n) is 10.6. The Kier molecular flexibility index (Phi) is 16.3. The molecule has 0 bridgehead atoms. The lowest BCUT2D eigenvalue weighted by Crippen LogP contribution is -2.35. The van der Waals surface area contributed by atoms with Gasteiger partial charge >= 0.3 is 27.0 Å². The minimum absolute atomic E-state index is 0.0157. The van der Waals surface area contributed by atoms with Crippen LogP contribution in [0, 0.1) is 11.8 Å². The number of ether oxygens (including phenoxy) is 4. The summed E-state index contributed by atoms with van der Waals surface area (Å²) < 4.78 is 63.3. The van der Waals surface area contributed by atoms with Crippen LogP contribution in [-0.2, 0) is 37.7 Å². The first kappa shape index (κ1) is 46.0. The summed E-state index contributed by atoms with van der Waals surface area (Å²) in [4.78, 5) is 25.2. The van der Waals surface area contributed by atoms with Crippen LogP contribution in [0.25, 0.3) is 11.1 Å². The van der Waals surface area contributed by atoms with E-state index in [0.717, 1.165) is 59.1 Å². The van der Waals surface area contributed by atoms with Gasteiger partial charge in [0.05, 0.1) is 13.2 Å². The molecule has 12 nitrogen and oxygen atoms in total. The van der Waals surface area contributed by atoms with Crippen LogP contribution in [0.1, 0.15) is 141 Å². The van der Waals surface area contributed by atoms with Crippen molar-refractivity contribution in [1.82, 2.24) is 10.2 Å². The average molecular weight is 821 g/mol. The fraction of sp³-hybridized carbons (Fsp3) is 0.667. The smallest absolute Gasteiger partial charge is 0.342 e. The van der Waals surface area contributed by atoms with Crippen LogP contribution in [0.3, 0.4) is 0 Å². The second-order valence-electron chi connectivity index (χ2n) is 16.1. The van der Waals surface area contributed by atoms with E-state index >= 15 is 0 Å². The molecule has 2 aromatic carbocycles. The Morgan fingerprint density at radius 2 is 0.929 bits per heavy atom. The first-order valence-corrected chi connectivity index (χ1v) is 23.8. The second-order valence-corrected chi connectivity index (χ2v) is 20.2. The van der Waals surface area contributed by atoms with Crippen LogP contribution < -0.4 is 19.2 Å². The molecule has 0 spiro atoms. The van der Waals surface area contributed by atoms with E-state index < -0.39 is 39.1 Å². The molecular formula is C42H66N2O10P2. The molecule has 56 heavy (non-hydrogen) atoms. The van der Waals surface area contributed by atoms with Gasteiger partial charge in [-0.05, 0) is 147 Å². The molecule has 0 heterocycles. The fourth-order valence-corrected chi connectivity index (χ4v) is 10.6. The van der Waals surface area contributed by atoms with Gasteiger partial charge in [-0.15, -0.1) is 0 Å². The van der Waals surface area contributed by atoms with E-state index in [2.05, 4.69) is 76.0 Å². The molecule has 2 aromatic rings. The highest BCUT2D eigenvalue weighted by Gasteiger charge is 2.39. The van der Waals surface area contributed by atoms with Gasteiger partial charge in [-0.1, -0.05) is 41.5 Å². The maximum absolute atomic E-state index is 14.5. The summed E-state index contributed by atoms with van der Waals surface area (Å²) in [7, 11) is -4.62. The molecule has 2 unspecified atom stereocenters. The van der Waals surface area contributed by atoms with Crippen LogP contribution in [0.5, 0.6) is 11.5 Å². The summed E-state index contributed by atoms with van der Waals surface area (Å²) in [6.45, 7) is 19.8. The minimum Gasteiger partial charge on any atom is -0.465 e. The first-order chi connectivity index (χ1) is 26.4. The number of nitrogens with one attached hydrogen (secondary N) is 2. The molecule has 0 saturated heterocycles. The van der Waals surface area contributed by atoms with Crippen LogP contribution in [-0.4, -0.2) is 64.2 Å². The van der Waals surface area contributed by atoms with E-state index in [-0.39, 0.29) is 49.6 Å². The van der Waals surface area contributed by atoms with Gasteiger partial charge in [0, 0.05) is 14.2 Å². The number of carbonyl (C=O) groups excluding carboxylic acids is 2. The molecule has 6 atom stereocenters. The Bertz CT molecular complexity index is 1650. The molecule has 2 aliphatic rings. The maximum Gasteiger partial charge on any atom is 0.342 e. The highest BCUT2D eigenvalue weighted by atomic mass is 31.2. The van der Waals surface area contributed by atoms with Crippen molar-refractivity contribution in [1.29, 1.82) is 0 Å². The van der Waals surface area contributed by atoms with Crippen molar-refractivity contribution in [2.45, 2.75) is 131 Å². The highest BCUT2D eigenvalue weighted by molar-refractivity contribution is 7.57. The maximum atomic E-state index is 14.5. The molecule has 2 N–H and O–H groups in total. The van der Waals surface area contributed by atoms with Crippen molar-refractivity contribution in [3.8, 4) is 22.6 Å². The number of hydrogen-bond donors (Lipinski definition) is 2. The summed E-state index contributed by atoms with van der Waals surface area (Å²) in [5.74, 6) is 1.12. The van der Waals surface area contributed by atoms with Crippen molar-refractivity contribution < 1.29 is 46.7 Å². The first-order valence-electron chi connectivity index (χ1n) is 20.2. The van der Waals surface area contributed by atoms with Crippen molar-refractivity contribution in [3.63, 3.8) is 0 Å². The third-order valence-corrected chi connectivity index (χ3v) is 14.4. The van der Waals surface area contributed by atoms with Gasteiger partial charge in [0.15, 0.2) is 0 Å². The molecule has 14 heteroatoms. The SMILES string of the molecule is CCOC(=O)[C@H](C)NP(=O)(COC)Oc1c(C(C)C)cc(-c2cc(C(C)C)c(OP(=O)(COC)N[C@@H](C)C(=O)OCC)c([C@H](C)C3CC3)c2)cc1[C@H](C)C1CC1. The van der Waals surface area contributed by atoms with E-state index in [1.54, 1.807) is 27.7 Å². The Hall–Kier alpha value is -2.72. The number of rotatable bonds is 23. The summed E-state index contributed by atoms with van der Waals surface area (Å²) in [6, 6.07) is 6.76. The van der Waals surface area contributed by atoms with E-state index in [0.29, 0.717) is 23.3 Å². The zero-order valence-corrected chi connectivity index (χ0v) is 37.4. The summed E-state index contributed by atoms with van der Waals surface area (Å²) in [5, 5.41) is 5.84. The second kappa shape index (κ2) is 19.8. The monoisotopic (exact) mass is 820 g/mol. The predicted molar refractivity (Wildman–Crippen MR) is 221 cm³/mol. The van der Waals surface area contributed by atoms with Crippen molar-refractivity contribution in [2.24, 2.45) is 11.8 Å². The zero-order valence-electron chi connectivity index (χ0n) is 35.6. The molecule has 0 aromatic heterocycles. The lowest BCUT2D eigenvalue weighted by atomic mass is 9.84. The molecule has 2 saturated carbocycles. The molecule has 314 valence electrons. The zero-order chi connectivity index (χ0) is 41.5. The minimum atomic E-state index is -3.77. The highest BCUT2D eigenvalue weighted by Crippen LogP contribution is 2.55. The summed E-state index contributed by atoms with van der Waals surface area (Å²) in [5.41, 5.74) is 5.62. The number of methoxy groups -OCH3 is 2. The van der Waals surface area contributed by atoms with Crippen LogP contribution in [0.2, 0.25) is 0 Å². The third kappa shape index (κ3) is 11.7.